The van der Waals surface area contributed by atoms with Crippen molar-refractivity contribution < 1.29 is 28.7 Å². The number of Topliss-reactive ketones (excluding diaryl/α,β-unsaturated/α-hetero) is 1. The van der Waals surface area contributed by atoms with Gasteiger partial charge in [0.15, 0.2) is 5.82 Å². The molecule has 1 fully saturated rings. The van der Waals surface area contributed by atoms with Gasteiger partial charge in [-0.25, -0.2) is 0 Å². The molecule has 35 heavy (non-hydrogen) atoms. The minimum absolute atomic E-state index is 0.0857. The first-order valence-corrected chi connectivity index (χ1v) is 10.9. The molecule has 1 atom stereocenters. The van der Waals surface area contributed by atoms with Crippen molar-refractivity contribution in [3.8, 4) is 11.5 Å². The first kappa shape index (κ1) is 22.2. The van der Waals surface area contributed by atoms with Gasteiger partial charge in [0.1, 0.15) is 29.1 Å². The van der Waals surface area contributed by atoms with Crippen molar-refractivity contribution >= 4 is 34.0 Å². The summed E-state index contributed by atoms with van der Waals surface area (Å²) in [5, 5.41) is 17.3. The highest BCUT2D eigenvalue weighted by Gasteiger charge is 2.49. The summed E-state index contributed by atoms with van der Waals surface area (Å²) in [5.41, 5.74) is 0.774. The number of benzene rings is 3. The standard InChI is InChI=1S/C27H22N2O6/c1-15-12-22(28-35-15)29-24(20-14-19(33-2)10-11-21(20)34-3)23(26(31)27(29)32)25(30)18-9-8-16-6-4-5-7-17(16)13-18/h4-14,24,30H,1-3H3/b25-23+. The predicted molar refractivity (Wildman–Crippen MR) is 130 cm³/mol. The lowest BCUT2D eigenvalue weighted by atomic mass is 9.93. The van der Waals surface area contributed by atoms with Crippen molar-refractivity contribution in [3.63, 3.8) is 0 Å². The number of methoxy groups -OCH3 is 2. The number of anilines is 1. The van der Waals surface area contributed by atoms with Crippen LogP contribution in [0.2, 0.25) is 0 Å². The number of fused-ring (bicyclic) bond motifs is 1. The fourth-order valence-electron chi connectivity index (χ4n) is 4.38. The first-order chi connectivity index (χ1) is 16.9. The van der Waals surface area contributed by atoms with Crippen LogP contribution in [0.4, 0.5) is 5.82 Å². The number of carbonyl (C=O) groups is 2. The Morgan fingerprint density at radius 2 is 1.74 bits per heavy atom. The number of aliphatic hydroxyl groups excluding tert-OH is 1. The van der Waals surface area contributed by atoms with Crippen molar-refractivity contribution in [2.24, 2.45) is 0 Å². The lowest BCUT2D eigenvalue weighted by molar-refractivity contribution is -0.132. The van der Waals surface area contributed by atoms with Crippen LogP contribution in [0.15, 0.2) is 76.8 Å². The van der Waals surface area contributed by atoms with Gasteiger partial charge in [0.2, 0.25) is 0 Å². The van der Waals surface area contributed by atoms with E-state index in [4.69, 9.17) is 14.0 Å². The van der Waals surface area contributed by atoms with Crippen molar-refractivity contribution in [2.75, 3.05) is 19.1 Å². The second-order valence-corrected chi connectivity index (χ2v) is 8.13. The Bertz CT molecular complexity index is 1500. The summed E-state index contributed by atoms with van der Waals surface area (Å²) >= 11 is 0. The van der Waals surface area contributed by atoms with Crippen molar-refractivity contribution in [1.29, 1.82) is 0 Å². The number of aliphatic hydroxyl groups is 1. The van der Waals surface area contributed by atoms with Crippen LogP contribution in [0, 0.1) is 6.92 Å². The molecule has 2 heterocycles. The van der Waals surface area contributed by atoms with Gasteiger partial charge in [-0.05, 0) is 42.0 Å². The molecule has 1 aromatic heterocycles. The molecule has 8 heteroatoms. The number of hydrogen-bond acceptors (Lipinski definition) is 7. The average molecular weight is 470 g/mol. The molecule has 1 saturated heterocycles. The molecule has 1 amide bonds. The molecule has 5 rings (SSSR count). The normalized spacial score (nSPS) is 17.2. The van der Waals surface area contributed by atoms with E-state index in [2.05, 4.69) is 5.16 Å². The quantitative estimate of drug-likeness (QED) is 0.254. The molecule has 176 valence electrons. The van der Waals surface area contributed by atoms with Crippen molar-refractivity contribution in [3.05, 3.63) is 89.2 Å². The molecular formula is C27H22N2O6. The van der Waals surface area contributed by atoms with Gasteiger partial charge in [-0.3, -0.25) is 14.5 Å². The summed E-state index contributed by atoms with van der Waals surface area (Å²) in [4.78, 5) is 27.9. The van der Waals surface area contributed by atoms with E-state index < -0.39 is 17.7 Å². The average Bonchev–Trinajstić information content (AvgIpc) is 3.42. The van der Waals surface area contributed by atoms with Crippen LogP contribution in [0.25, 0.3) is 16.5 Å². The van der Waals surface area contributed by atoms with Gasteiger partial charge in [0.25, 0.3) is 5.78 Å². The molecule has 1 aliphatic heterocycles. The minimum Gasteiger partial charge on any atom is -0.507 e. The molecule has 0 saturated carbocycles. The van der Waals surface area contributed by atoms with E-state index in [1.165, 1.54) is 19.1 Å². The maximum atomic E-state index is 13.4. The molecule has 0 aliphatic carbocycles. The summed E-state index contributed by atoms with van der Waals surface area (Å²) in [6, 6.07) is 18.6. The smallest absolute Gasteiger partial charge is 0.301 e. The summed E-state index contributed by atoms with van der Waals surface area (Å²) in [6.07, 6.45) is 0. The van der Waals surface area contributed by atoms with E-state index >= 15 is 0 Å². The zero-order valence-corrected chi connectivity index (χ0v) is 19.3. The molecule has 4 aromatic rings. The third kappa shape index (κ3) is 3.69. The highest BCUT2D eigenvalue weighted by atomic mass is 16.5. The second kappa shape index (κ2) is 8.64. The Morgan fingerprint density at radius 3 is 2.43 bits per heavy atom. The number of rotatable bonds is 5. The van der Waals surface area contributed by atoms with E-state index in [0.29, 0.717) is 28.4 Å². The molecule has 3 aromatic carbocycles. The number of ether oxygens (including phenoxy) is 2. The van der Waals surface area contributed by atoms with E-state index in [0.717, 1.165) is 10.8 Å². The molecule has 1 unspecified atom stereocenters. The van der Waals surface area contributed by atoms with E-state index in [1.807, 2.05) is 30.3 Å². The Labute approximate surface area is 201 Å². The van der Waals surface area contributed by atoms with E-state index in [9.17, 15) is 14.7 Å². The number of ketones is 1. The van der Waals surface area contributed by atoms with Gasteiger partial charge >= 0.3 is 5.91 Å². The van der Waals surface area contributed by atoms with Gasteiger partial charge in [-0.15, -0.1) is 0 Å². The monoisotopic (exact) mass is 470 g/mol. The number of aryl methyl sites for hydroxylation is 1. The van der Waals surface area contributed by atoms with E-state index in [1.54, 1.807) is 43.3 Å². The van der Waals surface area contributed by atoms with Crippen LogP contribution >= 0.6 is 0 Å². The summed E-state index contributed by atoms with van der Waals surface area (Å²) in [6.45, 7) is 1.68. The van der Waals surface area contributed by atoms with Crippen LogP contribution in [0.5, 0.6) is 11.5 Å². The molecule has 8 nitrogen and oxygen atoms in total. The Balaban J connectivity index is 1.78. The number of carbonyl (C=O) groups excluding carboxylic acids is 2. The number of hydrogen-bond donors (Lipinski definition) is 1. The molecular weight excluding hydrogens is 448 g/mol. The highest BCUT2D eigenvalue weighted by molar-refractivity contribution is 6.51. The Morgan fingerprint density at radius 1 is 0.971 bits per heavy atom. The van der Waals surface area contributed by atoms with Crippen LogP contribution < -0.4 is 14.4 Å². The number of amides is 1. The van der Waals surface area contributed by atoms with Crippen LogP contribution in [0.3, 0.4) is 0 Å². The summed E-state index contributed by atoms with van der Waals surface area (Å²) < 4.78 is 16.1. The lowest BCUT2D eigenvalue weighted by Gasteiger charge is -2.24. The fraction of sp³-hybridized carbons (Fsp3) is 0.148. The molecule has 0 spiro atoms. The predicted octanol–water partition coefficient (Wildman–Crippen LogP) is 4.78. The van der Waals surface area contributed by atoms with Gasteiger partial charge in [-0.1, -0.05) is 41.6 Å². The molecule has 1 aliphatic rings. The van der Waals surface area contributed by atoms with Crippen LogP contribution in [-0.4, -0.2) is 36.2 Å². The van der Waals surface area contributed by atoms with Gasteiger partial charge in [0.05, 0.1) is 19.8 Å². The minimum atomic E-state index is -1.03. The van der Waals surface area contributed by atoms with Crippen LogP contribution in [0.1, 0.15) is 22.9 Å². The first-order valence-electron chi connectivity index (χ1n) is 10.9. The van der Waals surface area contributed by atoms with E-state index in [-0.39, 0.29) is 17.2 Å². The molecule has 0 bridgehead atoms. The summed E-state index contributed by atoms with van der Waals surface area (Å²) in [5.74, 6) is -0.459. The number of nitrogens with zero attached hydrogens (tertiary/aromatic N) is 2. The largest absolute Gasteiger partial charge is 0.507 e. The topological polar surface area (TPSA) is 102 Å². The maximum absolute atomic E-state index is 13.4. The van der Waals surface area contributed by atoms with Crippen molar-refractivity contribution in [1.82, 2.24) is 5.16 Å². The second-order valence-electron chi connectivity index (χ2n) is 8.13. The molecule has 1 N–H and O–H groups in total. The third-order valence-electron chi connectivity index (χ3n) is 6.06. The van der Waals surface area contributed by atoms with Crippen LogP contribution in [-0.2, 0) is 9.59 Å². The maximum Gasteiger partial charge on any atom is 0.301 e. The third-order valence-corrected chi connectivity index (χ3v) is 6.06. The fourth-order valence-corrected chi connectivity index (χ4v) is 4.38. The Hall–Kier alpha value is -4.59. The number of aromatic nitrogens is 1. The Kier molecular flexibility index (Phi) is 5.49. The van der Waals surface area contributed by atoms with Gasteiger partial charge in [0, 0.05) is 17.2 Å². The molecule has 0 radical (unpaired) electrons. The zero-order chi connectivity index (χ0) is 24.7. The van der Waals surface area contributed by atoms with Crippen molar-refractivity contribution in [2.45, 2.75) is 13.0 Å². The van der Waals surface area contributed by atoms with Gasteiger partial charge < -0.3 is 19.1 Å². The highest BCUT2D eigenvalue weighted by Crippen LogP contribution is 2.45. The summed E-state index contributed by atoms with van der Waals surface area (Å²) in [7, 11) is 3.00. The lowest BCUT2D eigenvalue weighted by Crippen LogP contribution is -2.30. The zero-order valence-electron chi connectivity index (χ0n) is 19.3. The SMILES string of the molecule is COc1ccc(OC)c(C2/C(=C(\O)c3ccc4ccccc4c3)C(=O)C(=O)N2c2cc(C)on2)c1. The van der Waals surface area contributed by atoms with Gasteiger partial charge in [-0.2, -0.15) is 0 Å².